The highest BCUT2D eigenvalue weighted by Gasteiger charge is 2.16. The molecular formula is C23H38IN5O2. The number of nitrogens with one attached hydrogen (secondary N) is 2. The molecule has 1 heterocycles. The average molecular weight is 543 g/mol. The fourth-order valence-corrected chi connectivity index (χ4v) is 3.59. The minimum Gasteiger partial charge on any atom is -0.490 e. The highest BCUT2D eigenvalue weighted by atomic mass is 127. The number of rotatable bonds is 10. The summed E-state index contributed by atoms with van der Waals surface area (Å²) < 4.78 is 13.4. The van der Waals surface area contributed by atoms with Crippen LogP contribution in [0.15, 0.2) is 23.2 Å². The van der Waals surface area contributed by atoms with Gasteiger partial charge in [0.25, 0.3) is 0 Å². The van der Waals surface area contributed by atoms with Gasteiger partial charge in [-0.2, -0.15) is 5.10 Å². The Kier molecular flexibility index (Phi) is 11.7. The lowest BCUT2D eigenvalue weighted by molar-refractivity contribution is 0.287. The Hall–Kier alpha value is -1.97. The molecule has 7 nitrogen and oxygen atoms in total. The van der Waals surface area contributed by atoms with Crippen LogP contribution in [0.5, 0.6) is 11.5 Å². The van der Waals surface area contributed by atoms with Gasteiger partial charge in [0.15, 0.2) is 17.5 Å². The van der Waals surface area contributed by atoms with Gasteiger partial charge in [-0.1, -0.05) is 19.9 Å². The predicted octanol–water partition coefficient (Wildman–Crippen LogP) is 4.39. The fraction of sp³-hybridized carbons (Fsp3) is 0.565. The van der Waals surface area contributed by atoms with Crippen LogP contribution < -0.4 is 20.1 Å². The molecule has 0 aliphatic heterocycles. The Morgan fingerprint density at radius 3 is 2.35 bits per heavy atom. The van der Waals surface area contributed by atoms with Gasteiger partial charge >= 0.3 is 0 Å². The fourth-order valence-electron chi connectivity index (χ4n) is 3.59. The molecular weight excluding hydrogens is 505 g/mol. The van der Waals surface area contributed by atoms with Crippen molar-refractivity contribution < 1.29 is 9.47 Å². The summed E-state index contributed by atoms with van der Waals surface area (Å²) in [4.78, 5) is 4.40. The zero-order valence-corrected chi connectivity index (χ0v) is 22.2. The molecule has 174 valence electrons. The van der Waals surface area contributed by atoms with Crippen LogP contribution in [0.4, 0.5) is 0 Å². The quantitative estimate of drug-likeness (QED) is 0.264. The van der Waals surface area contributed by atoms with E-state index in [2.05, 4.69) is 47.6 Å². The molecule has 0 aliphatic rings. The van der Waals surface area contributed by atoms with Crippen molar-refractivity contribution in [1.29, 1.82) is 0 Å². The summed E-state index contributed by atoms with van der Waals surface area (Å²) in [6.07, 6.45) is 1.87. The van der Waals surface area contributed by atoms with Crippen molar-refractivity contribution >= 4 is 29.9 Å². The van der Waals surface area contributed by atoms with Gasteiger partial charge < -0.3 is 20.1 Å². The molecule has 31 heavy (non-hydrogen) atoms. The first-order chi connectivity index (χ1) is 14.5. The molecule has 8 heteroatoms. The minimum atomic E-state index is 0. The van der Waals surface area contributed by atoms with Gasteiger partial charge in [0.1, 0.15) is 0 Å². The zero-order valence-electron chi connectivity index (χ0n) is 19.9. The van der Waals surface area contributed by atoms with E-state index in [0.717, 1.165) is 41.6 Å². The summed E-state index contributed by atoms with van der Waals surface area (Å²) >= 11 is 0. The maximum Gasteiger partial charge on any atom is 0.191 e. The number of nitrogens with zero attached hydrogens (tertiary/aromatic N) is 3. The lowest BCUT2D eigenvalue weighted by atomic mass is 10.1. The van der Waals surface area contributed by atoms with Crippen molar-refractivity contribution in [2.45, 2.75) is 60.0 Å². The Morgan fingerprint density at radius 2 is 1.77 bits per heavy atom. The molecule has 0 saturated heterocycles. The number of aliphatic imine (C=N–C) groups is 1. The molecule has 0 spiro atoms. The number of aromatic nitrogens is 2. The van der Waals surface area contributed by atoms with Crippen LogP contribution >= 0.6 is 24.0 Å². The smallest absolute Gasteiger partial charge is 0.191 e. The Morgan fingerprint density at radius 1 is 1.10 bits per heavy atom. The summed E-state index contributed by atoms with van der Waals surface area (Å²) in [6, 6.07) is 6.11. The first-order valence-electron chi connectivity index (χ1n) is 10.9. The third-order valence-electron chi connectivity index (χ3n) is 5.10. The first-order valence-corrected chi connectivity index (χ1v) is 10.9. The van der Waals surface area contributed by atoms with E-state index in [0.29, 0.717) is 19.8 Å². The minimum absolute atomic E-state index is 0. The normalized spacial score (nSPS) is 12.2. The van der Waals surface area contributed by atoms with Gasteiger partial charge in [0.2, 0.25) is 0 Å². The molecule has 1 atom stereocenters. The van der Waals surface area contributed by atoms with Gasteiger partial charge in [0.05, 0.1) is 24.9 Å². The lowest BCUT2D eigenvalue weighted by Crippen LogP contribution is -2.38. The van der Waals surface area contributed by atoms with E-state index in [1.54, 1.807) is 7.05 Å². The largest absolute Gasteiger partial charge is 0.490 e. The maximum atomic E-state index is 5.76. The van der Waals surface area contributed by atoms with Gasteiger partial charge in [-0.15, -0.1) is 24.0 Å². The molecule has 1 unspecified atom stereocenters. The molecule has 0 radical (unpaired) electrons. The number of halogens is 1. The second kappa shape index (κ2) is 13.4. The number of aryl methyl sites for hydroxylation is 2. The molecule has 2 aromatic rings. The Bertz CT molecular complexity index is 851. The number of hydrogen-bond donors (Lipinski definition) is 2. The molecule has 2 N–H and O–H groups in total. The van der Waals surface area contributed by atoms with Crippen molar-refractivity contribution in [2.24, 2.45) is 12.0 Å². The second-order valence-corrected chi connectivity index (χ2v) is 7.07. The number of benzene rings is 1. The van der Waals surface area contributed by atoms with E-state index >= 15 is 0 Å². The van der Waals surface area contributed by atoms with Gasteiger partial charge in [0, 0.05) is 31.9 Å². The van der Waals surface area contributed by atoms with E-state index in [1.807, 2.05) is 37.7 Å². The third kappa shape index (κ3) is 7.02. The third-order valence-corrected chi connectivity index (χ3v) is 5.10. The summed E-state index contributed by atoms with van der Waals surface area (Å²) in [5.41, 5.74) is 4.77. The highest BCUT2D eigenvalue weighted by Crippen LogP contribution is 2.30. The molecule has 0 saturated carbocycles. The average Bonchev–Trinajstić information content (AvgIpc) is 3.06. The topological polar surface area (TPSA) is 72.7 Å². The monoisotopic (exact) mass is 543 g/mol. The van der Waals surface area contributed by atoms with Crippen LogP contribution in [0.2, 0.25) is 0 Å². The molecule has 1 aromatic heterocycles. The summed E-state index contributed by atoms with van der Waals surface area (Å²) in [5.74, 6) is 2.29. The molecule has 0 bridgehead atoms. The van der Waals surface area contributed by atoms with Crippen LogP contribution in [-0.2, 0) is 26.4 Å². The second-order valence-electron chi connectivity index (χ2n) is 7.07. The first kappa shape index (κ1) is 27.1. The van der Waals surface area contributed by atoms with Crippen molar-refractivity contribution in [3.8, 4) is 11.5 Å². The summed E-state index contributed by atoms with van der Waals surface area (Å²) in [5, 5.41) is 11.6. The lowest BCUT2D eigenvalue weighted by Gasteiger charge is -2.20. The highest BCUT2D eigenvalue weighted by molar-refractivity contribution is 14.0. The van der Waals surface area contributed by atoms with Crippen LogP contribution in [0.1, 0.15) is 63.2 Å². The molecule has 1 aromatic carbocycles. The maximum absolute atomic E-state index is 5.76. The number of ether oxygens (including phenoxy) is 2. The Labute approximate surface area is 204 Å². The van der Waals surface area contributed by atoms with E-state index in [1.165, 1.54) is 11.3 Å². The van der Waals surface area contributed by atoms with E-state index in [4.69, 9.17) is 9.47 Å². The standard InChI is InChI=1S/C23H37N5O2.HI/c1-8-19-18(20(9-2)28(7)27-19)15-25-23(24-6)26-16(5)17-12-13-21(29-10-3)22(14-17)30-11-4;/h12-14,16H,8-11,15H2,1-7H3,(H2,24,25,26);1H. The molecule has 2 rings (SSSR count). The van der Waals surface area contributed by atoms with Crippen LogP contribution in [0, 0.1) is 0 Å². The van der Waals surface area contributed by atoms with E-state index in [-0.39, 0.29) is 30.0 Å². The predicted molar refractivity (Wildman–Crippen MR) is 138 cm³/mol. The summed E-state index contributed by atoms with van der Waals surface area (Å²) in [7, 11) is 3.80. The molecule has 0 aliphatic carbocycles. The van der Waals surface area contributed by atoms with Crippen molar-refractivity contribution in [3.63, 3.8) is 0 Å². The SMILES string of the molecule is CCOc1ccc(C(C)NC(=NC)NCc2c(CC)nn(C)c2CC)cc1OCC.I. The van der Waals surface area contributed by atoms with Crippen LogP contribution in [0.3, 0.4) is 0 Å². The van der Waals surface area contributed by atoms with Crippen LogP contribution in [0.25, 0.3) is 0 Å². The van der Waals surface area contributed by atoms with Gasteiger partial charge in [-0.25, -0.2) is 0 Å². The van der Waals surface area contributed by atoms with Crippen LogP contribution in [-0.4, -0.2) is 36.0 Å². The van der Waals surface area contributed by atoms with Crippen molar-refractivity contribution in [2.75, 3.05) is 20.3 Å². The molecule has 0 fully saturated rings. The number of guanidine groups is 1. The number of hydrogen-bond acceptors (Lipinski definition) is 4. The van der Waals surface area contributed by atoms with E-state index < -0.39 is 0 Å². The summed E-state index contributed by atoms with van der Waals surface area (Å²) in [6.45, 7) is 12.3. The van der Waals surface area contributed by atoms with Crippen molar-refractivity contribution in [3.05, 3.63) is 40.7 Å². The van der Waals surface area contributed by atoms with Crippen molar-refractivity contribution in [1.82, 2.24) is 20.4 Å². The van der Waals surface area contributed by atoms with E-state index in [9.17, 15) is 0 Å². The zero-order chi connectivity index (χ0) is 22.1. The van der Waals surface area contributed by atoms with Gasteiger partial charge in [-0.3, -0.25) is 9.67 Å². The van der Waals surface area contributed by atoms with Gasteiger partial charge in [-0.05, 0) is 51.3 Å². The Balaban J connectivity index is 0.00000480. The molecule has 0 amide bonds.